The minimum Gasteiger partial charge on any atom is -0.478 e. The molecule has 2 aromatic rings. The molecular weight excluding hydrogens is 328 g/mol. The normalized spacial score (nSPS) is 11.5. The van der Waals surface area contributed by atoms with Gasteiger partial charge in [-0.2, -0.15) is 13.2 Å². The number of carboxylic acids is 1. The highest BCUT2D eigenvalue weighted by Crippen LogP contribution is 2.35. The Kier molecular flexibility index (Phi) is 4.16. The molecule has 0 aliphatic heterocycles. The highest BCUT2D eigenvalue weighted by Gasteiger charge is 2.32. The van der Waals surface area contributed by atoms with E-state index in [4.69, 9.17) is 28.3 Å². The Labute approximate surface area is 127 Å². The summed E-state index contributed by atoms with van der Waals surface area (Å²) >= 11 is 11.6. The Morgan fingerprint density at radius 1 is 0.905 bits per heavy atom. The van der Waals surface area contributed by atoms with Crippen molar-refractivity contribution >= 4 is 29.2 Å². The maximum Gasteiger partial charge on any atom is 0.416 e. The molecule has 2 rings (SSSR count). The summed E-state index contributed by atoms with van der Waals surface area (Å²) in [5.41, 5.74) is -1.13. The predicted octanol–water partition coefficient (Wildman–Crippen LogP) is 5.38. The third kappa shape index (κ3) is 3.68. The molecule has 21 heavy (non-hydrogen) atoms. The average Bonchev–Trinajstić information content (AvgIpc) is 2.36. The lowest BCUT2D eigenvalue weighted by molar-refractivity contribution is -0.137. The lowest BCUT2D eigenvalue weighted by atomic mass is 9.99. The summed E-state index contributed by atoms with van der Waals surface area (Å²) in [7, 11) is 0. The van der Waals surface area contributed by atoms with Crippen molar-refractivity contribution in [1.29, 1.82) is 0 Å². The van der Waals surface area contributed by atoms with Gasteiger partial charge in [-0.3, -0.25) is 0 Å². The molecule has 1 N–H and O–H groups in total. The topological polar surface area (TPSA) is 37.3 Å². The standard InChI is InChI=1S/C14H7Cl2F3O2/c15-11-4-8(5-12(16)6-11)7-1-9(13(20)21)3-10(2-7)14(17,18)19/h1-6H,(H,20,21). The first kappa shape index (κ1) is 15.7. The van der Waals surface area contributed by atoms with Gasteiger partial charge < -0.3 is 5.11 Å². The maximum atomic E-state index is 12.8. The van der Waals surface area contributed by atoms with E-state index in [1.165, 1.54) is 18.2 Å². The minimum absolute atomic E-state index is 0.0756. The van der Waals surface area contributed by atoms with E-state index in [-0.39, 0.29) is 15.6 Å². The van der Waals surface area contributed by atoms with Gasteiger partial charge in [-0.1, -0.05) is 23.2 Å². The first-order chi connectivity index (χ1) is 9.66. The number of halogens is 5. The number of rotatable bonds is 2. The molecule has 0 amide bonds. The van der Waals surface area contributed by atoms with Crippen molar-refractivity contribution in [3.63, 3.8) is 0 Å². The van der Waals surface area contributed by atoms with Gasteiger partial charge in [0.15, 0.2) is 0 Å². The zero-order valence-electron chi connectivity index (χ0n) is 10.2. The summed E-state index contributed by atoms with van der Waals surface area (Å²) in [6.07, 6.45) is -4.65. The smallest absolute Gasteiger partial charge is 0.416 e. The number of hydrogen-bond donors (Lipinski definition) is 1. The lowest BCUT2D eigenvalue weighted by Crippen LogP contribution is -2.08. The first-order valence-corrected chi connectivity index (χ1v) is 6.34. The number of carboxylic acid groups (broad SMARTS) is 1. The molecule has 0 unspecified atom stereocenters. The fourth-order valence-electron chi connectivity index (χ4n) is 1.80. The molecule has 0 radical (unpaired) electrons. The van der Waals surface area contributed by atoms with Gasteiger partial charge in [0.25, 0.3) is 0 Å². The summed E-state index contributed by atoms with van der Waals surface area (Å²) in [6.45, 7) is 0. The van der Waals surface area contributed by atoms with Crippen molar-refractivity contribution in [2.75, 3.05) is 0 Å². The highest BCUT2D eigenvalue weighted by molar-refractivity contribution is 6.35. The zero-order valence-corrected chi connectivity index (χ0v) is 11.7. The second-order valence-electron chi connectivity index (χ2n) is 4.26. The lowest BCUT2D eigenvalue weighted by Gasteiger charge is -2.11. The van der Waals surface area contributed by atoms with E-state index in [2.05, 4.69) is 0 Å². The van der Waals surface area contributed by atoms with E-state index in [9.17, 15) is 18.0 Å². The molecule has 110 valence electrons. The van der Waals surface area contributed by atoms with Crippen LogP contribution in [-0.2, 0) is 6.18 Å². The van der Waals surface area contributed by atoms with Crippen LogP contribution in [0.25, 0.3) is 11.1 Å². The Hall–Kier alpha value is -1.72. The second-order valence-corrected chi connectivity index (χ2v) is 5.13. The maximum absolute atomic E-state index is 12.8. The number of aromatic carboxylic acids is 1. The van der Waals surface area contributed by atoms with E-state index in [1.807, 2.05) is 0 Å². The molecule has 0 heterocycles. The molecule has 0 aromatic heterocycles. The Morgan fingerprint density at radius 2 is 1.43 bits per heavy atom. The zero-order chi connectivity index (χ0) is 15.8. The van der Waals surface area contributed by atoms with Gasteiger partial charge in [0.1, 0.15) is 0 Å². The highest BCUT2D eigenvalue weighted by atomic mass is 35.5. The van der Waals surface area contributed by atoms with Crippen molar-refractivity contribution < 1.29 is 23.1 Å². The van der Waals surface area contributed by atoms with Gasteiger partial charge in [-0.15, -0.1) is 0 Å². The van der Waals surface area contributed by atoms with Crippen molar-refractivity contribution in [3.05, 3.63) is 57.6 Å². The van der Waals surface area contributed by atoms with Crippen molar-refractivity contribution in [1.82, 2.24) is 0 Å². The summed E-state index contributed by atoms with van der Waals surface area (Å²) in [6, 6.07) is 6.83. The van der Waals surface area contributed by atoms with Crippen LogP contribution >= 0.6 is 23.2 Å². The second kappa shape index (κ2) is 5.58. The fraction of sp³-hybridized carbons (Fsp3) is 0.0714. The molecule has 2 nitrogen and oxygen atoms in total. The number of benzene rings is 2. The van der Waals surface area contributed by atoms with E-state index in [0.29, 0.717) is 11.6 Å². The van der Waals surface area contributed by atoms with E-state index in [0.717, 1.165) is 12.1 Å². The van der Waals surface area contributed by atoms with Crippen LogP contribution in [0, 0.1) is 0 Å². The van der Waals surface area contributed by atoms with Crippen LogP contribution in [0.15, 0.2) is 36.4 Å². The largest absolute Gasteiger partial charge is 0.478 e. The molecule has 0 aliphatic rings. The SMILES string of the molecule is O=C(O)c1cc(-c2cc(Cl)cc(Cl)c2)cc(C(F)(F)F)c1. The predicted molar refractivity (Wildman–Crippen MR) is 73.9 cm³/mol. The van der Waals surface area contributed by atoms with Gasteiger partial charge in [0.2, 0.25) is 0 Å². The Bertz CT molecular complexity index is 692. The molecule has 0 saturated carbocycles. The minimum atomic E-state index is -4.65. The van der Waals surface area contributed by atoms with Gasteiger partial charge in [0.05, 0.1) is 11.1 Å². The molecule has 0 fully saturated rings. The Balaban J connectivity index is 2.67. The van der Waals surface area contributed by atoms with E-state index < -0.39 is 23.3 Å². The third-order valence-electron chi connectivity index (χ3n) is 2.70. The molecule has 0 aliphatic carbocycles. The molecular formula is C14H7Cl2F3O2. The fourth-order valence-corrected chi connectivity index (χ4v) is 2.33. The molecule has 0 saturated heterocycles. The number of alkyl halides is 3. The van der Waals surface area contributed by atoms with Gasteiger partial charge in [-0.05, 0) is 47.5 Å². The Morgan fingerprint density at radius 3 is 1.90 bits per heavy atom. The molecule has 0 atom stereocenters. The monoisotopic (exact) mass is 334 g/mol. The third-order valence-corrected chi connectivity index (χ3v) is 3.14. The van der Waals surface area contributed by atoms with Crippen LogP contribution in [0.1, 0.15) is 15.9 Å². The van der Waals surface area contributed by atoms with Crippen LogP contribution in [-0.4, -0.2) is 11.1 Å². The first-order valence-electron chi connectivity index (χ1n) is 5.59. The molecule has 2 aromatic carbocycles. The quantitative estimate of drug-likeness (QED) is 0.800. The summed E-state index contributed by atoms with van der Waals surface area (Å²) in [5, 5.41) is 9.42. The van der Waals surface area contributed by atoms with Crippen molar-refractivity contribution in [3.8, 4) is 11.1 Å². The van der Waals surface area contributed by atoms with Crippen molar-refractivity contribution in [2.45, 2.75) is 6.18 Å². The number of hydrogen-bond acceptors (Lipinski definition) is 1. The van der Waals surface area contributed by atoms with Crippen LogP contribution in [0.3, 0.4) is 0 Å². The molecule has 7 heteroatoms. The number of carbonyl (C=O) groups is 1. The van der Waals surface area contributed by atoms with Crippen LogP contribution < -0.4 is 0 Å². The molecule has 0 bridgehead atoms. The molecule has 0 spiro atoms. The van der Waals surface area contributed by atoms with Gasteiger partial charge in [0, 0.05) is 10.0 Å². The van der Waals surface area contributed by atoms with Crippen LogP contribution in [0.5, 0.6) is 0 Å². The van der Waals surface area contributed by atoms with Crippen molar-refractivity contribution in [2.24, 2.45) is 0 Å². The van der Waals surface area contributed by atoms with E-state index in [1.54, 1.807) is 0 Å². The van der Waals surface area contributed by atoms with Gasteiger partial charge in [-0.25, -0.2) is 4.79 Å². The van der Waals surface area contributed by atoms with Gasteiger partial charge >= 0.3 is 12.1 Å². The van der Waals surface area contributed by atoms with Crippen LogP contribution in [0.2, 0.25) is 10.0 Å². The average molecular weight is 335 g/mol. The summed E-state index contributed by atoms with van der Waals surface area (Å²) < 4.78 is 38.5. The van der Waals surface area contributed by atoms with E-state index >= 15 is 0 Å². The van der Waals surface area contributed by atoms with Crippen LogP contribution in [0.4, 0.5) is 13.2 Å². The summed E-state index contributed by atoms with van der Waals surface area (Å²) in [5.74, 6) is -1.45. The summed E-state index contributed by atoms with van der Waals surface area (Å²) in [4.78, 5) is 11.0.